The third-order valence-corrected chi connectivity index (χ3v) is 6.32. The Balaban J connectivity index is 2.28. The van der Waals surface area contributed by atoms with Crippen molar-refractivity contribution in [2.75, 3.05) is 27.9 Å². The van der Waals surface area contributed by atoms with Crippen molar-refractivity contribution in [2.24, 2.45) is 0 Å². The minimum atomic E-state index is -1.08. The standard InChI is InChI=1S/C23H25Cl2N5O7/c1-6-37-23(33)17-16(12-8-7-9-13(24)18(12)25)15(22(32)36-5)11(2)26-19(17)20(35-4)21-27-29-30(28-21)10-14(31)34-3/h7-9,16,20,26H,6,10H2,1-5H3. The normalized spacial score (nSPS) is 16.2. The van der Waals surface area contributed by atoms with Crippen LogP contribution in [0.25, 0.3) is 0 Å². The molecule has 1 aromatic carbocycles. The first-order chi connectivity index (χ1) is 17.7. The number of tetrazole rings is 1. The van der Waals surface area contributed by atoms with Crippen molar-refractivity contribution >= 4 is 41.1 Å². The van der Waals surface area contributed by atoms with E-state index in [2.05, 4.69) is 25.5 Å². The Kier molecular flexibility index (Phi) is 9.24. The van der Waals surface area contributed by atoms with Crippen LogP contribution < -0.4 is 5.32 Å². The highest BCUT2D eigenvalue weighted by Gasteiger charge is 2.43. The van der Waals surface area contributed by atoms with Crippen molar-refractivity contribution in [3.8, 4) is 0 Å². The predicted octanol–water partition coefficient (Wildman–Crippen LogP) is 2.49. The molecule has 2 atom stereocenters. The number of esters is 3. The van der Waals surface area contributed by atoms with Crippen LogP contribution in [0.3, 0.4) is 0 Å². The lowest BCUT2D eigenvalue weighted by Crippen LogP contribution is -2.36. The number of allylic oxidation sites excluding steroid dienone is 1. The topological polar surface area (TPSA) is 144 Å². The van der Waals surface area contributed by atoms with Crippen molar-refractivity contribution in [2.45, 2.75) is 32.4 Å². The Morgan fingerprint density at radius 2 is 1.84 bits per heavy atom. The summed E-state index contributed by atoms with van der Waals surface area (Å²) >= 11 is 12.9. The van der Waals surface area contributed by atoms with Crippen LogP contribution >= 0.6 is 23.2 Å². The molecule has 0 fully saturated rings. The Morgan fingerprint density at radius 1 is 1.11 bits per heavy atom. The van der Waals surface area contributed by atoms with Crippen LogP contribution in [0.2, 0.25) is 10.0 Å². The lowest BCUT2D eigenvalue weighted by molar-refractivity contribution is -0.142. The fourth-order valence-electron chi connectivity index (χ4n) is 3.89. The maximum Gasteiger partial charge on any atom is 0.336 e. The van der Waals surface area contributed by atoms with Crippen LogP contribution in [0.5, 0.6) is 0 Å². The van der Waals surface area contributed by atoms with Crippen LogP contribution in [0.15, 0.2) is 40.7 Å². The maximum absolute atomic E-state index is 13.4. The van der Waals surface area contributed by atoms with E-state index in [-0.39, 0.29) is 45.9 Å². The zero-order chi connectivity index (χ0) is 27.3. The summed E-state index contributed by atoms with van der Waals surface area (Å²) in [6.07, 6.45) is -1.08. The molecular formula is C23H25Cl2N5O7. The summed E-state index contributed by atoms with van der Waals surface area (Å²) in [5.41, 5.74) is 1.04. The Hall–Kier alpha value is -3.48. The van der Waals surface area contributed by atoms with Crippen molar-refractivity contribution in [3.63, 3.8) is 0 Å². The number of carbonyl (C=O) groups is 3. The third-order valence-electron chi connectivity index (χ3n) is 5.49. The van der Waals surface area contributed by atoms with Gasteiger partial charge in [0.05, 0.1) is 53.6 Å². The van der Waals surface area contributed by atoms with E-state index < -0.39 is 29.9 Å². The number of aromatic nitrogens is 4. The molecule has 2 unspecified atom stereocenters. The summed E-state index contributed by atoms with van der Waals surface area (Å²) < 4.78 is 20.7. The third kappa shape index (κ3) is 5.76. The van der Waals surface area contributed by atoms with Gasteiger partial charge in [0.15, 0.2) is 12.6 Å². The van der Waals surface area contributed by atoms with E-state index >= 15 is 0 Å². The molecule has 1 aromatic heterocycles. The molecule has 2 aromatic rings. The molecule has 0 radical (unpaired) electrons. The SMILES string of the molecule is CCOC(=O)C1=C(C(OC)c2nnn(CC(=O)OC)n2)NC(C)=C(C(=O)OC)C1c1cccc(Cl)c1Cl. The molecule has 0 saturated carbocycles. The smallest absolute Gasteiger partial charge is 0.336 e. The van der Waals surface area contributed by atoms with Crippen LogP contribution in [0, 0.1) is 0 Å². The van der Waals surface area contributed by atoms with E-state index in [1.165, 1.54) is 21.3 Å². The number of carbonyl (C=O) groups excluding carboxylic acids is 3. The zero-order valence-electron chi connectivity index (χ0n) is 20.7. The van der Waals surface area contributed by atoms with Gasteiger partial charge in [0.2, 0.25) is 5.82 Å². The Morgan fingerprint density at radius 3 is 2.46 bits per heavy atom. The fourth-order valence-corrected chi connectivity index (χ4v) is 4.31. The monoisotopic (exact) mass is 553 g/mol. The number of ether oxygens (including phenoxy) is 4. The second kappa shape index (κ2) is 12.2. The molecular weight excluding hydrogens is 529 g/mol. The molecule has 198 valence electrons. The van der Waals surface area contributed by atoms with Gasteiger partial charge in [0.25, 0.3) is 0 Å². The first kappa shape index (κ1) is 28.1. The highest BCUT2D eigenvalue weighted by atomic mass is 35.5. The summed E-state index contributed by atoms with van der Waals surface area (Å²) in [6.45, 7) is 3.04. The number of halogens is 2. The minimum absolute atomic E-state index is 0.00758. The van der Waals surface area contributed by atoms with E-state index in [4.69, 9.17) is 37.4 Å². The fraction of sp³-hybridized carbons (Fsp3) is 0.391. The quantitative estimate of drug-likeness (QED) is 0.361. The van der Waals surface area contributed by atoms with Crippen LogP contribution in [-0.4, -0.2) is 66.1 Å². The number of nitrogens with zero attached hydrogens (tertiary/aromatic N) is 4. The first-order valence-electron chi connectivity index (χ1n) is 11.0. The molecule has 0 aliphatic carbocycles. The summed E-state index contributed by atoms with van der Waals surface area (Å²) in [5, 5.41) is 15.5. The van der Waals surface area contributed by atoms with Crippen molar-refractivity contribution in [1.29, 1.82) is 0 Å². The summed E-state index contributed by atoms with van der Waals surface area (Å²) in [4.78, 5) is 39.1. The molecule has 1 aliphatic heterocycles. The van der Waals surface area contributed by atoms with Crippen molar-refractivity contribution in [1.82, 2.24) is 25.5 Å². The molecule has 3 rings (SSSR count). The lowest BCUT2D eigenvalue weighted by Gasteiger charge is -2.33. The summed E-state index contributed by atoms with van der Waals surface area (Å²) in [7, 11) is 3.83. The van der Waals surface area contributed by atoms with Gasteiger partial charge in [-0.15, -0.1) is 10.2 Å². The first-order valence-corrected chi connectivity index (χ1v) is 11.7. The highest BCUT2D eigenvalue weighted by Crippen LogP contribution is 2.45. The van der Waals surface area contributed by atoms with Crippen LogP contribution in [-0.2, 0) is 39.9 Å². The van der Waals surface area contributed by atoms with E-state index in [0.717, 1.165) is 4.80 Å². The average Bonchev–Trinajstić information content (AvgIpc) is 3.33. The molecule has 2 heterocycles. The molecule has 0 spiro atoms. The number of hydrogen-bond acceptors (Lipinski definition) is 11. The molecule has 37 heavy (non-hydrogen) atoms. The molecule has 1 aliphatic rings. The van der Waals surface area contributed by atoms with Crippen LogP contribution in [0.1, 0.15) is 37.3 Å². The molecule has 0 saturated heterocycles. The van der Waals surface area contributed by atoms with Gasteiger partial charge >= 0.3 is 17.9 Å². The van der Waals surface area contributed by atoms with Gasteiger partial charge in [-0.3, -0.25) is 0 Å². The van der Waals surface area contributed by atoms with Crippen molar-refractivity contribution in [3.05, 3.63) is 62.2 Å². The van der Waals surface area contributed by atoms with Gasteiger partial charge in [-0.2, -0.15) is 4.80 Å². The van der Waals surface area contributed by atoms with Crippen molar-refractivity contribution < 1.29 is 33.3 Å². The predicted molar refractivity (Wildman–Crippen MR) is 130 cm³/mol. The van der Waals surface area contributed by atoms with Gasteiger partial charge in [-0.05, 0) is 30.7 Å². The number of methoxy groups -OCH3 is 3. The summed E-state index contributed by atoms with van der Waals surface area (Å²) in [5.74, 6) is -3.04. The van der Waals surface area contributed by atoms with Gasteiger partial charge < -0.3 is 24.3 Å². The molecule has 0 amide bonds. The number of benzene rings is 1. The molecule has 12 nitrogen and oxygen atoms in total. The largest absolute Gasteiger partial charge is 0.468 e. The highest BCUT2D eigenvalue weighted by molar-refractivity contribution is 6.42. The van der Waals surface area contributed by atoms with E-state index in [1.54, 1.807) is 32.0 Å². The zero-order valence-corrected chi connectivity index (χ0v) is 22.2. The second-order valence-electron chi connectivity index (χ2n) is 7.65. The van der Waals surface area contributed by atoms with E-state index in [9.17, 15) is 14.4 Å². The van der Waals surface area contributed by atoms with Crippen LogP contribution in [0.4, 0.5) is 0 Å². The van der Waals surface area contributed by atoms with Gasteiger partial charge in [0, 0.05) is 12.8 Å². The Labute approximate surface area is 222 Å². The molecule has 1 N–H and O–H groups in total. The number of hydrogen-bond donors (Lipinski definition) is 1. The van der Waals surface area contributed by atoms with E-state index in [0.29, 0.717) is 11.3 Å². The second-order valence-corrected chi connectivity index (χ2v) is 8.43. The summed E-state index contributed by atoms with van der Waals surface area (Å²) in [6, 6.07) is 4.87. The number of nitrogens with one attached hydrogen (secondary N) is 1. The number of dihydropyridines is 1. The average molecular weight is 554 g/mol. The lowest BCUT2D eigenvalue weighted by atomic mass is 9.79. The minimum Gasteiger partial charge on any atom is -0.468 e. The maximum atomic E-state index is 13.4. The molecule has 0 bridgehead atoms. The van der Waals surface area contributed by atoms with Gasteiger partial charge in [-0.25, -0.2) is 14.4 Å². The number of rotatable bonds is 9. The Bertz CT molecular complexity index is 1270. The van der Waals surface area contributed by atoms with E-state index in [1.807, 2.05) is 0 Å². The molecule has 14 heteroatoms. The van der Waals surface area contributed by atoms with Gasteiger partial charge in [-0.1, -0.05) is 35.3 Å². The van der Waals surface area contributed by atoms with Gasteiger partial charge in [0.1, 0.15) is 0 Å².